The van der Waals surface area contributed by atoms with E-state index in [9.17, 15) is 0 Å². The summed E-state index contributed by atoms with van der Waals surface area (Å²) in [6.07, 6.45) is 11.0. The standard InChI is InChI=1S/C14H18N6/c1-4-12-13(5-1)16-9-17-14(12)20-6-2-3-11(20)7-19-10-15-8-18-19/h8-11H,1-7H2/t11-/m1/s1. The zero-order valence-electron chi connectivity index (χ0n) is 11.4. The van der Waals surface area contributed by atoms with Gasteiger partial charge in [-0.2, -0.15) is 5.10 Å². The third-order valence-corrected chi connectivity index (χ3v) is 4.37. The van der Waals surface area contributed by atoms with E-state index in [0.29, 0.717) is 6.04 Å². The van der Waals surface area contributed by atoms with Gasteiger partial charge in [-0.15, -0.1) is 0 Å². The summed E-state index contributed by atoms with van der Waals surface area (Å²) in [7, 11) is 0. The Morgan fingerprint density at radius 1 is 1.15 bits per heavy atom. The summed E-state index contributed by atoms with van der Waals surface area (Å²) in [5.74, 6) is 1.16. The zero-order valence-corrected chi connectivity index (χ0v) is 11.4. The number of hydrogen-bond acceptors (Lipinski definition) is 5. The first kappa shape index (κ1) is 11.8. The molecule has 1 aliphatic carbocycles. The van der Waals surface area contributed by atoms with Crippen LogP contribution in [0.5, 0.6) is 0 Å². The molecule has 1 fully saturated rings. The van der Waals surface area contributed by atoms with Crippen molar-refractivity contribution in [3.8, 4) is 0 Å². The van der Waals surface area contributed by atoms with E-state index in [0.717, 1.165) is 31.7 Å². The molecule has 0 amide bonds. The molecule has 0 bridgehead atoms. The molecule has 0 N–H and O–H groups in total. The second-order valence-corrected chi connectivity index (χ2v) is 5.58. The minimum Gasteiger partial charge on any atom is -0.351 e. The molecule has 0 unspecified atom stereocenters. The Morgan fingerprint density at radius 2 is 2.15 bits per heavy atom. The molecule has 6 nitrogen and oxygen atoms in total. The summed E-state index contributed by atoms with van der Waals surface area (Å²) in [6.45, 7) is 1.97. The quantitative estimate of drug-likeness (QED) is 0.839. The second kappa shape index (κ2) is 4.85. The minimum atomic E-state index is 0.469. The highest BCUT2D eigenvalue weighted by Gasteiger charge is 2.30. The molecular formula is C14H18N6. The van der Waals surface area contributed by atoms with Crippen molar-refractivity contribution in [2.45, 2.75) is 44.7 Å². The first-order chi connectivity index (χ1) is 9.92. The first-order valence-corrected chi connectivity index (χ1v) is 7.33. The lowest BCUT2D eigenvalue weighted by molar-refractivity contribution is 0.505. The van der Waals surface area contributed by atoms with E-state index in [1.165, 1.54) is 30.5 Å². The predicted octanol–water partition coefficient (Wildman–Crippen LogP) is 1.23. The monoisotopic (exact) mass is 270 g/mol. The second-order valence-electron chi connectivity index (χ2n) is 5.58. The van der Waals surface area contributed by atoms with Gasteiger partial charge in [0.2, 0.25) is 0 Å². The summed E-state index contributed by atoms with van der Waals surface area (Å²) in [5.41, 5.74) is 2.62. The van der Waals surface area contributed by atoms with Crippen molar-refractivity contribution in [3.05, 3.63) is 30.2 Å². The molecule has 6 heteroatoms. The summed E-state index contributed by atoms with van der Waals surface area (Å²) in [4.78, 5) is 15.5. The Bertz CT molecular complexity index is 594. The maximum atomic E-state index is 4.58. The fraction of sp³-hybridized carbons (Fsp3) is 0.571. The molecule has 0 radical (unpaired) electrons. The zero-order chi connectivity index (χ0) is 13.4. The number of rotatable bonds is 3. The summed E-state index contributed by atoms with van der Waals surface area (Å²) < 4.78 is 1.92. The molecule has 1 aliphatic heterocycles. The molecule has 20 heavy (non-hydrogen) atoms. The molecular weight excluding hydrogens is 252 g/mol. The Kier molecular flexibility index (Phi) is 2.86. The van der Waals surface area contributed by atoms with Crippen molar-refractivity contribution in [2.75, 3.05) is 11.4 Å². The summed E-state index contributed by atoms with van der Waals surface area (Å²) >= 11 is 0. The fourth-order valence-corrected chi connectivity index (χ4v) is 3.44. The number of aryl methyl sites for hydroxylation is 1. The van der Waals surface area contributed by atoms with Crippen LogP contribution in [0.25, 0.3) is 0 Å². The van der Waals surface area contributed by atoms with Crippen LogP contribution < -0.4 is 4.90 Å². The Hall–Kier alpha value is -1.98. The van der Waals surface area contributed by atoms with Gasteiger partial charge in [0.1, 0.15) is 24.8 Å². The molecule has 1 saturated heterocycles. The lowest BCUT2D eigenvalue weighted by Gasteiger charge is -2.27. The summed E-state index contributed by atoms with van der Waals surface area (Å²) in [5, 5.41) is 4.23. The SMILES string of the molecule is c1nc2c(c(N3CCC[C@@H]3Cn3cncn3)n1)CCC2. The summed E-state index contributed by atoms with van der Waals surface area (Å²) in [6, 6.07) is 0.469. The smallest absolute Gasteiger partial charge is 0.137 e. The van der Waals surface area contributed by atoms with Crippen molar-refractivity contribution >= 4 is 5.82 Å². The molecule has 0 saturated carbocycles. The van der Waals surface area contributed by atoms with Crippen molar-refractivity contribution in [3.63, 3.8) is 0 Å². The highest BCUT2D eigenvalue weighted by atomic mass is 15.3. The maximum absolute atomic E-state index is 4.58. The molecule has 3 heterocycles. The van der Waals surface area contributed by atoms with Crippen LogP contribution in [-0.4, -0.2) is 37.3 Å². The van der Waals surface area contributed by atoms with Gasteiger partial charge in [0, 0.05) is 17.8 Å². The Balaban J connectivity index is 1.62. The lowest BCUT2D eigenvalue weighted by Crippen LogP contribution is -2.34. The Morgan fingerprint density at radius 3 is 3.05 bits per heavy atom. The van der Waals surface area contributed by atoms with Gasteiger partial charge in [-0.1, -0.05) is 0 Å². The van der Waals surface area contributed by atoms with E-state index in [2.05, 4.69) is 25.0 Å². The Labute approximate surface area is 117 Å². The van der Waals surface area contributed by atoms with Crippen LogP contribution in [-0.2, 0) is 19.4 Å². The molecule has 2 aromatic rings. The van der Waals surface area contributed by atoms with E-state index in [1.54, 1.807) is 19.0 Å². The van der Waals surface area contributed by atoms with Gasteiger partial charge in [-0.05, 0) is 32.1 Å². The minimum absolute atomic E-state index is 0.469. The van der Waals surface area contributed by atoms with Gasteiger partial charge in [0.25, 0.3) is 0 Å². The van der Waals surface area contributed by atoms with Crippen molar-refractivity contribution in [1.29, 1.82) is 0 Å². The molecule has 2 aliphatic rings. The van der Waals surface area contributed by atoms with Gasteiger partial charge >= 0.3 is 0 Å². The van der Waals surface area contributed by atoms with Gasteiger partial charge in [-0.25, -0.2) is 15.0 Å². The number of aromatic nitrogens is 5. The molecule has 0 aromatic carbocycles. The largest absolute Gasteiger partial charge is 0.351 e. The highest BCUT2D eigenvalue weighted by Crippen LogP contribution is 2.32. The third-order valence-electron chi connectivity index (χ3n) is 4.37. The van der Waals surface area contributed by atoms with Crippen LogP contribution >= 0.6 is 0 Å². The molecule has 4 rings (SSSR count). The van der Waals surface area contributed by atoms with E-state index in [4.69, 9.17) is 0 Å². The maximum Gasteiger partial charge on any atom is 0.137 e. The fourth-order valence-electron chi connectivity index (χ4n) is 3.44. The van der Waals surface area contributed by atoms with Gasteiger partial charge in [-0.3, -0.25) is 4.68 Å². The van der Waals surface area contributed by atoms with Crippen LogP contribution in [0.2, 0.25) is 0 Å². The van der Waals surface area contributed by atoms with E-state index in [1.807, 2.05) is 4.68 Å². The van der Waals surface area contributed by atoms with Crippen LogP contribution in [0, 0.1) is 0 Å². The highest BCUT2D eigenvalue weighted by molar-refractivity contribution is 5.51. The van der Waals surface area contributed by atoms with E-state index >= 15 is 0 Å². The normalized spacial score (nSPS) is 21.4. The van der Waals surface area contributed by atoms with Crippen molar-refractivity contribution < 1.29 is 0 Å². The molecule has 104 valence electrons. The number of anilines is 1. The average molecular weight is 270 g/mol. The van der Waals surface area contributed by atoms with Gasteiger partial charge < -0.3 is 4.90 Å². The van der Waals surface area contributed by atoms with Crippen LogP contribution in [0.3, 0.4) is 0 Å². The predicted molar refractivity (Wildman–Crippen MR) is 74.4 cm³/mol. The van der Waals surface area contributed by atoms with E-state index < -0.39 is 0 Å². The van der Waals surface area contributed by atoms with Crippen LogP contribution in [0.4, 0.5) is 5.82 Å². The average Bonchev–Trinajstić information content (AvgIpc) is 3.19. The number of nitrogens with zero attached hydrogens (tertiary/aromatic N) is 6. The van der Waals surface area contributed by atoms with E-state index in [-0.39, 0.29) is 0 Å². The lowest BCUT2D eigenvalue weighted by atomic mass is 10.2. The van der Waals surface area contributed by atoms with Crippen LogP contribution in [0.1, 0.15) is 30.5 Å². The topological polar surface area (TPSA) is 59.7 Å². The van der Waals surface area contributed by atoms with Gasteiger partial charge in [0.15, 0.2) is 0 Å². The molecule has 1 atom stereocenters. The molecule has 2 aromatic heterocycles. The first-order valence-electron chi connectivity index (χ1n) is 7.33. The number of fused-ring (bicyclic) bond motifs is 1. The third kappa shape index (κ3) is 1.95. The molecule has 0 spiro atoms. The van der Waals surface area contributed by atoms with Crippen molar-refractivity contribution in [1.82, 2.24) is 24.7 Å². The van der Waals surface area contributed by atoms with Gasteiger partial charge in [0.05, 0.1) is 12.6 Å². The van der Waals surface area contributed by atoms with Crippen molar-refractivity contribution in [2.24, 2.45) is 0 Å². The number of hydrogen-bond donors (Lipinski definition) is 0. The van der Waals surface area contributed by atoms with Crippen LogP contribution in [0.15, 0.2) is 19.0 Å².